The third kappa shape index (κ3) is 2.77. The van der Waals surface area contributed by atoms with Crippen LogP contribution in [0.5, 0.6) is 0 Å². The Morgan fingerprint density at radius 2 is 1.89 bits per heavy atom. The fourth-order valence-electron chi connectivity index (χ4n) is 2.13. The first kappa shape index (κ1) is 14.7. The molecule has 3 nitrogen and oxygen atoms in total. The number of alkyl halides is 1. The van der Waals surface area contributed by atoms with Crippen molar-refractivity contribution in [1.29, 1.82) is 0 Å². The van der Waals surface area contributed by atoms with Crippen molar-refractivity contribution in [3.63, 3.8) is 0 Å². The van der Waals surface area contributed by atoms with E-state index in [1.807, 2.05) is 12.1 Å². The maximum absolute atomic E-state index is 4.39. The maximum Gasteiger partial charge on any atom is 0.164 e. The molecule has 102 valence electrons. The van der Waals surface area contributed by atoms with E-state index in [-0.39, 0.29) is 5.54 Å². The molecule has 0 N–H and O–H groups in total. The molecule has 0 aliphatic heterocycles. The molecule has 0 unspecified atom stereocenters. The molecule has 1 aromatic carbocycles. The lowest BCUT2D eigenvalue weighted by Crippen LogP contribution is -2.25. The lowest BCUT2D eigenvalue weighted by Gasteiger charge is -2.25. The SMILES string of the molecule is Cc1c(Br)cccc1-c1nnc(CBr)n1C(C)(C)C. The van der Waals surface area contributed by atoms with E-state index in [2.05, 4.69) is 80.4 Å². The molecule has 0 bridgehead atoms. The molecule has 2 rings (SSSR count). The van der Waals surface area contributed by atoms with Crippen LogP contribution >= 0.6 is 31.9 Å². The van der Waals surface area contributed by atoms with E-state index in [0.717, 1.165) is 21.7 Å². The van der Waals surface area contributed by atoms with Gasteiger partial charge in [-0.3, -0.25) is 0 Å². The van der Waals surface area contributed by atoms with E-state index >= 15 is 0 Å². The predicted octanol–water partition coefficient (Wildman–Crippen LogP) is 4.67. The molecule has 1 heterocycles. The highest BCUT2D eigenvalue weighted by atomic mass is 79.9. The first-order chi connectivity index (χ1) is 8.86. The van der Waals surface area contributed by atoms with Crippen molar-refractivity contribution in [2.24, 2.45) is 0 Å². The molecule has 0 aliphatic carbocycles. The molecule has 1 aromatic heterocycles. The monoisotopic (exact) mass is 385 g/mol. The smallest absolute Gasteiger partial charge is 0.164 e. The van der Waals surface area contributed by atoms with Gasteiger partial charge in [0.1, 0.15) is 5.82 Å². The van der Waals surface area contributed by atoms with E-state index in [4.69, 9.17) is 0 Å². The third-order valence-corrected chi connectivity index (χ3v) is 4.39. The number of halogens is 2. The first-order valence-corrected chi connectivity index (χ1v) is 8.04. The zero-order valence-corrected chi connectivity index (χ0v) is 14.7. The Bertz CT molecular complexity index is 597. The van der Waals surface area contributed by atoms with Gasteiger partial charge in [-0.2, -0.15) is 0 Å². The van der Waals surface area contributed by atoms with Crippen molar-refractivity contribution in [2.75, 3.05) is 0 Å². The van der Waals surface area contributed by atoms with Crippen molar-refractivity contribution >= 4 is 31.9 Å². The van der Waals surface area contributed by atoms with Crippen LogP contribution < -0.4 is 0 Å². The Morgan fingerprint density at radius 3 is 2.47 bits per heavy atom. The first-order valence-electron chi connectivity index (χ1n) is 6.12. The van der Waals surface area contributed by atoms with Gasteiger partial charge in [-0.05, 0) is 39.3 Å². The summed E-state index contributed by atoms with van der Waals surface area (Å²) < 4.78 is 3.28. The number of benzene rings is 1. The number of hydrogen-bond donors (Lipinski definition) is 0. The molecule has 0 amide bonds. The number of aromatic nitrogens is 3. The second kappa shape index (κ2) is 5.37. The van der Waals surface area contributed by atoms with Crippen LogP contribution in [0.3, 0.4) is 0 Å². The van der Waals surface area contributed by atoms with Gasteiger partial charge in [0.15, 0.2) is 5.82 Å². The Hall–Kier alpha value is -0.680. The van der Waals surface area contributed by atoms with Crippen LogP contribution in [0, 0.1) is 6.92 Å². The summed E-state index contributed by atoms with van der Waals surface area (Å²) in [6, 6.07) is 6.16. The second-order valence-corrected chi connectivity index (χ2v) is 6.91. The van der Waals surface area contributed by atoms with Gasteiger partial charge in [0.25, 0.3) is 0 Å². The normalized spacial score (nSPS) is 11.9. The largest absolute Gasteiger partial charge is 0.305 e. The highest BCUT2D eigenvalue weighted by Gasteiger charge is 2.24. The Morgan fingerprint density at radius 1 is 1.21 bits per heavy atom. The van der Waals surface area contributed by atoms with Gasteiger partial charge in [0, 0.05) is 15.6 Å². The van der Waals surface area contributed by atoms with E-state index in [1.54, 1.807) is 0 Å². The minimum Gasteiger partial charge on any atom is -0.305 e. The van der Waals surface area contributed by atoms with E-state index in [1.165, 1.54) is 5.56 Å². The summed E-state index contributed by atoms with van der Waals surface area (Å²) in [5.74, 6) is 1.86. The summed E-state index contributed by atoms with van der Waals surface area (Å²) >= 11 is 7.06. The molecule has 0 fully saturated rings. The summed E-state index contributed by atoms with van der Waals surface area (Å²) in [6.07, 6.45) is 0. The van der Waals surface area contributed by atoms with Gasteiger partial charge in [-0.1, -0.05) is 44.0 Å². The molecule has 2 aromatic rings. The highest BCUT2D eigenvalue weighted by molar-refractivity contribution is 9.10. The highest BCUT2D eigenvalue weighted by Crippen LogP contribution is 2.31. The summed E-state index contributed by atoms with van der Waals surface area (Å²) in [5, 5.41) is 9.39. The van der Waals surface area contributed by atoms with Gasteiger partial charge in [-0.15, -0.1) is 10.2 Å². The standard InChI is InChI=1S/C14H17Br2N3/c1-9-10(6-5-7-11(9)16)13-18-17-12(8-15)19(13)14(2,3)4/h5-7H,8H2,1-4H3. The Labute approximate surface area is 130 Å². The minimum absolute atomic E-state index is 0.0588. The quantitative estimate of drug-likeness (QED) is 0.702. The molecule has 0 spiro atoms. The molecule has 19 heavy (non-hydrogen) atoms. The van der Waals surface area contributed by atoms with Crippen LogP contribution in [0.4, 0.5) is 0 Å². The van der Waals surface area contributed by atoms with Crippen molar-refractivity contribution in [3.8, 4) is 11.4 Å². The van der Waals surface area contributed by atoms with Gasteiger partial charge in [0.05, 0.1) is 5.33 Å². The van der Waals surface area contributed by atoms with E-state index in [9.17, 15) is 0 Å². The molecule has 5 heteroatoms. The van der Waals surface area contributed by atoms with Crippen LogP contribution in [0.25, 0.3) is 11.4 Å². The van der Waals surface area contributed by atoms with Crippen molar-refractivity contribution in [1.82, 2.24) is 14.8 Å². The predicted molar refractivity (Wildman–Crippen MR) is 85.5 cm³/mol. The van der Waals surface area contributed by atoms with E-state index in [0.29, 0.717) is 5.33 Å². The van der Waals surface area contributed by atoms with Crippen molar-refractivity contribution in [2.45, 2.75) is 38.6 Å². The molecular formula is C14H17Br2N3. The van der Waals surface area contributed by atoms with Crippen LogP contribution in [0.15, 0.2) is 22.7 Å². The van der Waals surface area contributed by atoms with Crippen LogP contribution in [0.2, 0.25) is 0 Å². The minimum atomic E-state index is -0.0588. The number of rotatable bonds is 2. The van der Waals surface area contributed by atoms with Crippen LogP contribution in [-0.4, -0.2) is 14.8 Å². The van der Waals surface area contributed by atoms with Crippen LogP contribution in [0.1, 0.15) is 32.2 Å². The van der Waals surface area contributed by atoms with Gasteiger partial charge >= 0.3 is 0 Å². The maximum atomic E-state index is 4.39. The van der Waals surface area contributed by atoms with Crippen LogP contribution in [-0.2, 0) is 10.9 Å². The van der Waals surface area contributed by atoms with Gasteiger partial charge in [0.2, 0.25) is 0 Å². The summed E-state index contributed by atoms with van der Waals surface area (Å²) in [5.41, 5.74) is 2.24. The number of hydrogen-bond acceptors (Lipinski definition) is 2. The lowest BCUT2D eigenvalue weighted by molar-refractivity contribution is 0.391. The Kier molecular flexibility index (Phi) is 4.16. The summed E-state index contributed by atoms with van der Waals surface area (Å²) in [4.78, 5) is 0. The second-order valence-electron chi connectivity index (χ2n) is 5.49. The molecule has 0 radical (unpaired) electrons. The van der Waals surface area contributed by atoms with Crippen molar-refractivity contribution in [3.05, 3.63) is 34.1 Å². The Balaban J connectivity index is 2.70. The molecule has 0 saturated carbocycles. The molecule has 0 saturated heterocycles. The summed E-state index contributed by atoms with van der Waals surface area (Å²) in [6.45, 7) is 8.59. The number of nitrogens with zero attached hydrogens (tertiary/aromatic N) is 3. The zero-order chi connectivity index (χ0) is 14.2. The van der Waals surface area contributed by atoms with Gasteiger partial charge in [-0.25, -0.2) is 0 Å². The topological polar surface area (TPSA) is 30.7 Å². The fourth-order valence-corrected chi connectivity index (χ4v) is 2.86. The lowest BCUT2D eigenvalue weighted by atomic mass is 10.0. The summed E-state index contributed by atoms with van der Waals surface area (Å²) in [7, 11) is 0. The average Bonchev–Trinajstić information content (AvgIpc) is 2.76. The van der Waals surface area contributed by atoms with Gasteiger partial charge < -0.3 is 4.57 Å². The van der Waals surface area contributed by atoms with Crippen molar-refractivity contribution < 1.29 is 0 Å². The van der Waals surface area contributed by atoms with E-state index < -0.39 is 0 Å². The fraction of sp³-hybridized carbons (Fsp3) is 0.429. The average molecular weight is 387 g/mol. The molecular weight excluding hydrogens is 370 g/mol. The molecule has 0 atom stereocenters. The zero-order valence-electron chi connectivity index (χ0n) is 11.5. The molecule has 0 aliphatic rings. The third-order valence-electron chi connectivity index (χ3n) is 3.03.